The van der Waals surface area contributed by atoms with Crippen LogP contribution >= 0.6 is 11.8 Å². The Morgan fingerprint density at radius 3 is 3.00 bits per heavy atom. The van der Waals surface area contributed by atoms with Gasteiger partial charge in [-0.3, -0.25) is 0 Å². The molecular weight excluding hydrogens is 216 g/mol. The highest BCUT2D eigenvalue weighted by atomic mass is 32.2. The van der Waals surface area contributed by atoms with Gasteiger partial charge in [0, 0.05) is 29.8 Å². The topological polar surface area (TPSA) is 29.3 Å². The fourth-order valence-corrected chi connectivity index (χ4v) is 3.39. The number of hydrogen-bond acceptors (Lipinski definition) is 3. The quantitative estimate of drug-likeness (QED) is 0.874. The van der Waals surface area contributed by atoms with Crippen LogP contribution < -0.4 is 10.6 Å². The Balaban J connectivity index is 2.31. The molecule has 0 saturated carbocycles. The Morgan fingerprint density at radius 2 is 2.31 bits per heavy atom. The molecule has 0 spiro atoms. The number of thioether (sulfide) groups is 1. The third kappa shape index (κ3) is 2.36. The molecule has 88 valence electrons. The molecule has 0 aliphatic carbocycles. The Bertz CT molecular complexity index is 365. The molecule has 1 aliphatic heterocycles. The predicted molar refractivity (Wildman–Crippen MR) is 72.4 cm³/mol. The van der Waals surface area contributed by atoms with Crippen molar-refractivity contribution in [2.75, 3.05) is 24.5 Å². The summed E-state index contributed by atoms with van der Waals surface area (Å²) >= 11 is 1.99. The summed E-state index contributed by atoms with van der Waals surface area (Å²) in [4.78, 5) is 3.84. The predicted octanol–water partition coefficient (Wildman–Crippen LogP) is 2.51. The van der Waals surface area contributed by atoms with Gasteiger partial charge in [-0.25, -0.2) is 0 Å². The fraction of sp³-hybridized carbons (Fsp3) is 0.538. The van der Waals surface area contributed by atoms with Crippen molar-refractivity contribution < 1.29 is 0 Å². The summed E-state index contributed by atoms with van der Waals surface area (Å²) < 4.78 is 0. The van der Waals surface area contributed by atoms with E-state index >= 15 is 0 Å². The molecule has 1 atom stereocenters. The molecule has 1 aromatic carbocycles. The van der Waals surface area contributed by atoms with E-state index in [1.165, 1.54) is 16.1 Å². The number of rotatable bonds is 3. The molecule has 16 heavy (non-hydrogen) atoms. The van der Waals surface area contributed by atoms with Crippen LogP contribution in [0.1, 0.15) is 19.4 Å². The SMILES string of the molecule is CCc1ccc2c(c1)SC(C)CN2CCN. The summed E-state index contributed by atoms with van der Waals surface area (Å²) in [5.41, 5.74) is 8.46. The zero-order chi connectivity index (χ0) is 11.5. The lowest BCUT2D eigenvalue weighted by Gasteiger charge is -2.34. The van der Waals surface area contributed by atoms with Crippen molar-refractivity contribution in [2.45, 2.75) is 30.4 Å². The first-order chi connectivity index (χ1) is 7.74. The van der Waals surface area contributed by atoms with Crippen molar-refractivity contribution in [3.8, 4) is 0 Å². The van der Waals surface area contributed by atoms with Crippen LogP contribution in [0.25, 0.3) is 0 Å². The van der Waals surface area contributed by atoms with Gasteiger partial charge in [0.2, 0.25) is 0 Å². The highest BCUT2D eigenvalue weighted by Crippen LogP contribution is 2.38. The van der Waals surface area contributed by atoms with Gasteiger partial charge >= 0.3 is 0 Å². The Labute approximate surface area is 102 Å². The van der Waals surface area contributed by atoms with E-state index in [1.54, 1.807) is 0 Å². The minimum absolute atomic E-state index is 0.658. The molecule has 3 heteroatoms. The lowest BCUT2D eigenvalue weighted by Crippen LogP contribution is -2.37. The van der Waals surface area contributed by atoms with Crippen molar-refractivity contribution >= 4 is 17.4 Å². The van der Waals surface area contributed by atoms with E-state index in [9.17, 15) is 0 Å². The molecule has 0 amide bonds. The molecule has 0 saturated heterocycles. The molecule has 0 bridgehead atoms. The lowest BCUT2D eigenvalue weighted by atomic mass is 10.1. The van der Waals surface area contributed by atoms with E-state index in [0.29, 0.717) is 5.25 Å². The molecule has 1 heterocycles. The van der Waals surface area contributed by atoms with Crippen LogP contribution in [-0.4, -0.2) is 24.9 Å². The average Bonchev–Trinajstić information content (AvgIpc) is 2.28. The maximum Gasteiger partial charge on any atom is 0.0505 e. The maximum atomic E-state index is 5.67. The highest BCUT2D eigenvalue weighted by molar-refractivity contribution is 8.00. The lowest BCUT2D eigenvalue weighted by molar-refractivity contribution is 0.753. The van der Waals surface area contributed by atoms with E-state index in [0.717, 1.165) is 26.1 Å². The number of nitrogens with zero attached hydrogens (tertiary/aromatic N) is 1. The summed E-state index contributed by atoms with van der Waals surface area (Å²) in [5, 5.41) is 0.658. The van der Waals surface area contributed by atoms with Crippen LogP contribution in [0.2, 0.25) is 0 Å². The van der Waals surface area contributed by atoms with Crippen molar-refractivity contribution in [2.24, 2.45) is 5.73 Å². The van der Waals surface area contributed by atoms with Gasteiger partial charge in [-0.05, 0) is 24.1 Å². The molecule has 2 N–H and O–H groups in total. The summed E-state index contributed by atoms with van der Waals surface area (Å²) in [6.45, 7) is 7.29. The number of fused-ring (bicyclic) bond motifs is 1. The van der Waals surface area contributed by atoms with Crippen molar-refractivity contribution in [1.29, 1.82) is 0 Å². The molecule has 2 rings (SSSR count). The molecule has 0 radical (unpaired) electrons. The average molecular weight is 236 g/mol. The molecule has 1 aliphatic rings. The molecule has 1 unspecified atom stereocenters. The van der Waals surface area contributed by atoms with Crippen molar-refractivity contribution in [1.82, 2.24) is 0 Å². The summed E-state index contributed by atoms with van der Waals surface area (Å²) in [7, 11) is 0. The molecule has 1 aromatic rings. The Kier molecular flexibility index (Phi) is 3.77. The monoisotopic (exact) mass is 236 g/mol. The number of aryl methyl sites for hydroxylation is 1. The molecular formula is C13H20N2S. The second-order valence-electron chi connectivity index (χ2n) is 4.32. The minimum atomic E-state index is 0.658. The van der Waals surface area contributed by atoms with Gasteiger partial charge in [0.15, 0.2) is 0 Å². The fourth-order valence-electron chi connectivity index (χ4n) is 2.16. The minimum Gasteiger partial charge on any atom is -0.368 e. The number of anilines is 1. The largest absolute Gasteiger partial charge is 0.368 e. The van der Waals surface area contributed by atoms with Gasteiger partial charge in [-0.15, -0.1) is 11.8 Å². The number of nitrogens with two attached hydrogens (primary N) is 1. The highest BCUT2D eigenvalue weighted by Gasteiger charge is 2.21. The van der Waals surface area contributed by atoms with Crippen molar-refractivity contribution in [3.63, 3.8) is 0 Å². The zero-order valence-corrected chi connectivity index (χ0v) is 10.9. The van der Waals surface area contributed by atoms with E-state index in [-0.39, 0.29) is 0 Å². The van der Waals surface area contributed by atoms with Gasteiger partial charge in [0.05, 0.1) is 5.69 Å². The number of hydrogen-bond donors (Lipinski definition) is 1. The Hall–Kier alpha value is -0.670. The maximum absolute atomic E-state index is 5.67. The smallest absolute Gasteiger partial charge is 0.0505 e. The van der Waals surface area contributed by atoms with E-state index in [2.05, 4.69) is 36.9 Å². The zero-order valence-electron chi connectivity index (χ0n) is 10.1. The first-order valence-electron chi connectivity index (χ1n) is 5.99. The first kappa shape index (κ1) is 11.8. The second kappa shape index (κ2) is 5.11. The van der Waals surface area contributed by atoms with Gasteiger partial charge in [-0.1, -0.05) is 19.9 Å². The second-order valence-corrected chi connectivity index (χ2v) is 5.80. The van der Waals surface area contributed by atoms with Gasteiger partial charge in [0.25, 0.3) is 0 Å². The summed E-state index contributed by atoms with van der Waals surface area (Å²) in [6, 6.07) is 6.82. The Morgan fingerprint density at radius 1 is 1.50 bits per heavy atom. The number of benzene rings is 1. The van der Waals surface area contributed by atoms with Gasteiger partial charge in [-0.2, -0.15) is 0 Å². The van der Waals surface area contributed by atoms with Crippen LogP contribution in [-0.2, 0) is 6.42 Å². The third-order valence-electron chi connectivity index (χ3n) is 2.98. The third-order valence-corrected chi connectivity index (χ3v) is 4.11. The van der Waals surface area contributed by atoms with Crippen LogP contribution in [0.3, 0.4) is 0 Å². The molecule has 0 fully saturated rings. The summed E-state index contributed by atoms with van der Waals surface area (Å²) in [6.07, 6.45) is 1.11. The van der Waals surface area contributed by atoms with Crippen LogP contribution in [0, 0.1) is 0 Å². The van der Waals surface area contributed by atoms with Crippen LogP contribution in [0.4, 0.5) is 5.69 Å². The normalized spacial score (nSPS) is 19.7. The van der Waals surface area contributed by atoms with Gasteiger partial charge < -0.3 is 10.6 Å². The van der Waals surface area contributed by atoms with Gasteiger partial charge in [0.1, 0.15) is 0 Å². The molecule has 2 nitrogen and oxygen atoms in total. The van der Waals surface area contributed by atoms with E-state index in [1.807, 2.05) is 11.8 Å². The first-order valence-corrected chi connectivity index (χ1v) is 6.87. The van der Waals surface area contributed by atoms with Crippen molar-refractivity contribution in [3.05, 3.63) is 23.8 Å². The van der Waals surface area contributed by atoms with E-state index in [4.69, 9.17) is 5.73 Å². The summed E-state index contributed by atoms with van der Waals surface area (Å²) in [5.74, 6) is 0. The standard InChI is InChI=1S/C13H20N2S/c1-3-11-4-5-12-13(8-11)16-10(2)9-15(12)7-6-14/h4-5,8,10H,3,6-7,9,14H2,1-2H3. The van der Waals surface area contributed by atoms with Crippen LogP contribution in [0.5, 0.6) is 0 Å². The van der Waals surface area contributed by atoms with E-state index < -0.39 is 0 Å². The molecule has 0 aromatic heterocycles. The van der Waals surface area contributed by atoms with Crippen LogP contribution in [0.15, 0.2) is 23.1 Å².